The van der Waals surface area contributed by atoms with Gasteiger partial charge >= 0.3 is 0 Å². The monoisotopic (exact) mass is 400 g/mol. The molecule has 0 radical (unpaired) electrons. The van der Waals surface area contributed by atoms with E-state index in [9.17, 15) is 0 Å². The molecule has 0 aliphatic carbocycles. The van der Waals surface area contributed by atoms with Crippen LogP contribution in [0.4, 0.5) is 5.13 Å². The Hall–Kier alpha value is -0.360. The zero-order valence-corrected chi connectivity index (χ0v) is 17.4. The van der Waals surface area contributed by atoms with E-state index in [-0.39, 0.29) is 0 Å². The predicted octanol–water partition coefficient (Wildman–Crippen LogP) is 7.52. The van der Waals surface area contributed by atoms with Crippen LogP contribution in [0.2, 0.25) is 5.02 Å². The van der Waals surface area contributed by atoms with Crippen molar-refractivity contribution < 1.29 is 0 Å². The second-order valence-electron chi connectivity index (χ2n) is 5.87. The minimum atomic E-state index is 0.740. The van der Waals surface area contributed by atoms with Gasteiger partial charge in [-0.25, -0.2) is 4.98 Å². The fraction of sp³-hybridized carbons (Fsp3) is 0.556. The summed E-state index contributed by atoms with van der Waals surface area (Å²) in [5.74, 6) is 1.08. The number of anilines is 1. The van der Waals surface area contributed by atoms with Gasteiger partial charge in [0, 0.05) is 10.8 Å². The summed E-state index contributed by atoms with van der Waals surface area (Å²) in [6.45, 7) is 2.26. The molecule has 1 aromatic carbocycles. The van der Waals surface area contributed by atoms with Crippen LogP contribution >= 0.6 is 46.9 Å². The van der Waals surface area contributed by atoms with Gasteiger partial charge in [0.25, 0.3) is 0 Å². The molecule has 0 amide bonds. The van der Waals surface area contributed by atoms with E-state index in [2.05, 4.69) is 17.2 Å². The molecule has 0 saturated carbocycles. The summed E-state index contributed by atoms with van der Waals surface area (Å²) in [5.41, 5.74) is 0.961. The third-order valence-electron chi connectivity index (χ3n) is 3.79. The zero-order chi connectivity index (χ0) is 17.2. The molecular formula is C18H25ClN2S3. The van der Waals surface area contributed by atoms with E-state index in [1.807, 2.05) is 18.2 Å². The highest BCUT2D eigenvalue weighted by atomic mass is 35.5. The van der Waals surface area contributed by atoms with Crippen molar-refractivity contribution in [3.63, 3.8) is 0 Å². The summed E-state index contributed by atoms with van der Waals surface area (Å²) in [6.07, 6.45) is 10.8. The van der Waals surface area contributed by atoms with Crippen LogP contribution in [0.3, 0.4) is 0 Å². The number of thiocarbonyl (C=S) groups is 1. The normalized spacial score (nSPS) is 11.1. The summed E-state index contributed by atoms with van der Waals surface area (Å²) >= 11 is 14.7. The first-order valence-corrected chi connectivity index (χ1v) is 11.3. The average molecular weight is 401 g/mol. The Morgan fingerprint density at radius 3 is 2.62 bits per heavy atom. The smallest absolute Gasteiger partial charge is 0.189 e. The topological polar surface area (TPSA) is 24.9 Å². The highest BCUT2D eigenvalue weighted by molar-refractivity contribution is 8.23. The van der Waals surface area contributed by atoms with Crippen molar-refractivity contribution in [2.75, 3.05) is 11.1 Å². The number of rotatable bonds is 10. The zero-order valence-electron chi connectivity index (χ0n) is 14.1. The van der Waals surface area contributed by atoms with Gasteiger partial charge in [0.2, 0.25) is 0 Å². The summed E-state index contributed by atoms with van der Waals surface area (Å²) < 4.78 is 1.89. The number of hydrogen-bond acceptors (Lipinski definition) is 4. The molecule has 2 nitrogen and oxygen atoms in total. The van der Waals surface area contributed by atoms with Crippen molar-refractivity contribution in [1.29, 1.82) is 0 Å². The Morgan fingerprint density at radius 2 is 1.88 bits per heavy atom. The first-order chi connectivity index (χ1) is 11.7. The fourth-order valence-electron chi connectivity index (χ4n) is 2.48. The number of thiazole rings is 1. The Labute approximate surface area is 163 Å². The molecule has 6 heteroatoms. The van der Waals surface area contributed by atoms with Gasteiger partial charge < -0.3 is 5.32 Å². The minimum Gasteiger partial charge on any atom is -0.317 e. The van der Waals surface area contributed by atoms with Crippen molar-refractivity contribution in [2.24, 2.45) is 0 Å². The maximum absolute atomic E-state index is 6.01. The number of halogens is 1. The molecule has 0 aliphatic rings. The summed E-state index contributed by atoms with van der Waals surface area (Å²) in [4.78, 5) is 4.53. The van der Waals surface area contributed by atoms with Crippen molar-refractivity contribution in [3.05, 3.63) is 23.2 Å². The Balaban J connectivity index is 1.59. The van der Waals surface area contributed by atoms with Crippen molar-refractivity contribution in [2.45, 2.75) is 58.3 Å². The van der Waals surface area contributed by atoms with Crippen molar-refractivity contribution in [3.8, 4) is 0 Å². The molecule has 0 fully saturated rings. The van der Waals surface area contributed by atoms with Gasteiger partial charge in [-0.2, -0.15) is 0 Å². The lowest BCUT2D eigenvalue weighted by Crippen LogP contribution is -2.04. The molecule has 1 N–H and O–H groups in total. The van der Waals surface area contributed by atoms with E-state index in [4.69, 9.17) is 23.8 Å². The van der Waals surface area contributed by atoms with Crippen LogP contribution in [0, 0.1) is 0 Å². The number of unbranched alkanes of at least 4 members (excludes halogenated alkanes) is 7. The molecule has 132 valence electrons. The molecular weight excluding hydrogens is 376 g/mol. The van der Waals surface area contributed by atoms with Crippen LogP contribution in [0.5, 0.6) is 0 Å². The Kier molecular flexibility index (Phi) is 9.39. The Morgan fingerprint density at radius 1 is 1.17 bits per heavy atom. The van der Waals surface area contributed by atoms with E-state index >= 15 is 0 Å². The van der Waals surface area contributed by atoms with Crippen molar-refractivity contribution >= 4 is 66.6 Å². The molecule has 1 heterocycles. The highest BCUT2D eigenvalue weighted by Crippen LogP contribution is 2.29. The summed E-state index contributed by atoms with van der Waals surface area (Å²) in [6, 6.07) is 5.75. The molecule has 0 spiro atoms. The molecule has 0 bridgehead atoms. The van der Waals surface area contributed by atoms with E-state index in [1.54, 1.807) is 23.1 Å². The molecule has 0 aliphatic heterocycles. The molecule has 1 aromatic heterocycles. The third kappa shape index (κ3) is 7.26. The third-order valence-corrected chi connectivity index (χ3v) is 6.27. The lowest BCUT2D eigenvalue weighted by atomic mass is 10.1. The molecule has 2 rings (SSSR count). The van der Waals surface area contributed by atoms with Gasteiger partial charge in [0.15, 0.2) is 5.13 Å². The summed E-state index contributed by atoms with van der Waals surface area (Å²) in [5, 5.41) is 4.82. The van der Waals surface area contributed by atoms with E-state index in [0.29, 0.717) is 0 Å². The van der Waals surface area contributed by atoms with E-state index in [1.165, 1.54) is 51.4 Å². The van der Waals surface area contributed by atoms with E-state index in [0.717, 1.165) is 30.4 Å². The van der Waals surface area contributed by atoms with E-state index < -0.39 is 0 Å². The molecule has 0 atom stereocenters. The van der Waals surface area contributed by atoms with Gasteiger partial charge in [0.1, 0.15) is 4.32 Å². The first kappa shape index (κ1) is 20.0. The number of fused-ring (bicyclic) bond motifs is 1. The largest absolute Gasteiger partial charge is 0.317 e. The average Bonchev–Trinajstić information content (AvgIpc) is 2.94. The Bertz CT molecular complexity index is 642. The lowest BCUT2D eigenvalue weighted by molar-refractivity contribution is 0.586. The van der Waals surface area contributed by atoms with Crippen LogP contribution in [-0.2, 0) is 0 Å². The number of benzene rings is 1. The maximum Gasteiger partial charge on any atom is 0.189 e. The highest BCUT2D eigenvalue weighted by Gasteiger charge is 2.06. The van der Waals surface area contributed by atoms with Crippen LogP contribution in [0.25, 0.3) is 10.2 Å². The SMILES string of the molecule is CCCCCCCCCCSC(=S)Nc1nc2ccc(Cl)cc2s1. The van der Waals surface area contributed by atoms with Crippen LogP contribution in [0.15, 0.2) is 18.2 Å². The van der Waals surface area contributed by atoms with Gasteiger partial charge in [-0.15, -0.1) is 0 Å². The molecule has 0 saturated heterocycles. The van der Waals surface area contributed by atoms with Gasteiger partial charge in [-0.1, -0.05) is 98.8 Å². The van der Waals surface area contributed by atoms with Gasteiger partial charge in [-0.3, -0.25) is 0 Å². The van der Waals surface area contributed by atoms with Gasteiger partial charge in [0.05, 0.1) is 10.2 Å². The number of hydrogen-bond donors (Lipinski definition) is 1. The molecule has 24 heavy (non-hydrogen) atoms. The summed E-state index contributed by atoms with van der Waals surface area (Å²) in [7, 11) is 0. The van der Waals surface area contributed by atoms with Crippen LogP contribution in [0.1, 0.15) is 58.3 Å². The lowest BCUT2D eigenvalue weighted by Gasteiger charge is -2.04. The second-order valence-corrected chi connectivity index (χ2v) is 9.11. The van der Waals surface area contributed by atoms with Gasteiger partial charge in [-0.05, 0) is 24.6 Å². The fourth-order valence-corrected chi connectivity index (χ4v) is 4.80. The first-order valence-electron chi connectivity index (χ1n) is 8.69. The standard InChI is InChI=1S/C18H25ClN2S3/c1-2-3-4-5-6-7-8-9-12-23-18(22)21-17-20-15-11-10-14(19)13-16(15)24-17/h10-11,13H,2-9,12H2,1H3,(H,20,21,22). The predicted molar refractivity (Wildman–Crippen MR) is 116 cm³/mol. The number of nitrogens with one attached hydrogen (secondary N) is 1. The number of thioether (sulfide) groups is 1. The molecule has 2 aromatic rings. The number of aromatic nitrogens is 1. The quantitative estimate of drug-likeness (QED) is 0.329. The maximum atomic E-state index is 6.01. The second kappa shape index (κ2) is 11.3. The van der Waals surface area contributed by atoms with Crippen molar-refractivity contribution in [1.82, 2.24) is 4.98 Å². The number of nitrogens with zero attached hydrogens (tertiary/aromatic N) is 1. The molecule has 0 unspecified atom stereocenters. The van der Waals surface area contributed by atoms with Crippen LogP contribution < -0.4 is 5.32 Å². The minimum absolute atomic E-state index is 0.740. The van der Waals surface area contributed by atoms with Crippen LogP contribution in [-0.4, -0.2) is 15.1 Å².